The van der Waals surface area contributed by atoms with Gasteiger partial charge in [0.25, 0.3) is 11.8 Å². The topological polar surface area (TPSA) is 37.4 Å². The smallest absolute Gasteiger partial charge is 0.261 e. The minimum Gasteiger partial charge on any atom is -0.269 e. The van der Waals surface area contributed by atoms with Gasteiger partial charge in [0.2, 0.25) is 0 Å². The number of carbonyl (C=O) groups is 2. The van der Waals surface area contributed by atoms with Crippen molar-refractivity contribution in [2.75, 3.05) is 6.54 Å². The molecule has 0 unspecified atom stereocenters. The lowest BCUT2D eigenvalue weighted by molar-refractivity contribution is 0.0660. The van der Waals surface area contributed by atoms with Crippen molar-refractivity contribution in [1.82, 2.24) is 4.90 Å². The van der Waals surface area contributed by atoms with E-state index in [0.29, 0.717) is 11.1 Å². The summed E-state index contributed by atoms with van der Waals surface area (Å²) in [6, 6.07) is 12.1. The van der Waals surface area contributed by atoms with E-state index in [1.54, 1.807) is 36.4 Å². The largest absolute Gasteiger partial charge is 0.269 e. The van der Waals surface area contributed by atoms with Crippen molar-refractivity contribution in [3.8, 4) is 0 Å². The molecule has 2 amide bonds. The molecule has 0 spiro atoms. The number of halogens is 2. The lowest BCUT2D eigenvalue weighted by Gasteiger charge is -2.12. The molecule has 0 radical (unpaired) electrons. The van der Waals surface area contributed by atoms with Gasteiger partial charge in [0.1, 0.15) is 11.6 Å². The molecule has 3 rings (SSSR count). The Morgan fingerprint density at radius 3 is 2.09 bits per heavy atom. The quantitative estimate of drug-likeness (QED) is 0.810. The van der Waals surface area contributed by atoms with E-state index in [0.717, 1.165) is 10.5 Å². The highest BCUT2D eigenvalue weighted by Gasteiger charge is 2.35. The Kier molecular flexibility index (Phi) is 4.02. The van der Waals surface area contributed by atoms with Gasteiger partial charge in [-0.05, 0) is 42.3 Å². The summed E-state index contributed by atoms with van der Waals surface area (Å²) in [4.78, 5) is 25.1. The summed E-state index contributed by atoms with van der Waals surface area (Å²) in [5.74, 6) is -1.92. The number of allylic oxidation sites excluding steroid dienone is 1. The fourth-order valence-corrected chi connectivity index (χ4v) is 2.45. The molecule has 1 aliphatic heterocycles. The third kappa shape index (κ3) is 3.04. The highest BCUT2D eigenvalue weighted by Crippen LogP contribution is 2.23. The Balaban J connectivity index is 1.70. The number of fused-ring (bicyclic) bond motifs is 1. The van der Waals surface area contributed by atoms with Crippen molar-refractivity contribution in [3.63, 3.8) is 0 Å². The van der Waals surface area contributed by atoms with Gasteiger partial charge in [0.05, 0.1) is 17.7 Å². The Labute approximate surface area is 131 Å². The first-order chi connectivity index (χ1) is 11.1. The van der Waals surface area contributed by atoms with Gasteiger partial charge in [-0.1, -0.05) is 24.3 Å². The van der Waals surface area contributed by atoms with E-state index < -0.39 is 24.2 Å². The summed E-state index contributed by atoms with van der Waals surface area (Å²) in [6.07, 6.45) is 1.55. The van der Waals surface area contributed by atoms with Crippen molar-refractivity contribution in [2.24, 2.45) is 0 Å². The molecule has 2 aromatic carbocycles. The number of amides is 2. The monoisotopic (exact) mass is 313 g/mol. The van der Waals surface area contributed by atoms with E-state index in [2.05, 4.69) is 0 Å². The summed E-state index contributed by atoms with van der Waals surface area (Å²) >= 11 is 0. The maximum absolute atomic E-state index is 14.0. The Morgan fingerprint density at radius 1 is 0.957 bits per heavy atom. The molecule has 2 aromatic rings. The lowest BCUT2D eigenvalue weighted by atomic mass is 10.1. The zero-order valence-corrected chi connectivity index (χ0v) is 12.1. The van der Waals surface area contributed by atoms with E-state index in [1.165, 1.54) is 18.2 Å². The molecule has 0 bridgehead atoms. The first kappa shape index (κ1) is 15.1. The van der Waals surface area contributed by atoms with Crippen molar-refractivity contribution < 1.29 is 18.4 Å². The number of hydrogen-bond donors (Lipinski definition) is 0. The van der Waals surface area contributed by atoms with Crippen LogP contribution in [-0.4, -0.2) is 23.3 Å². The highest BCUT2D eigenvalue weighted by molar-refractivity contribution is 6.21. The second-order valence-electron chi connectivity index (χ2n) is 5.22. The van der Waals surface area contributed by atoms with Crippen LogP contribution in [0.1, 0.15) is 26.3 Å². The molecule has 5 heteroatoms. The van der Waals surface area contributed by atoms with Gasteiger partial charge in [-0.25, -0.2) is 8.78 Å². The van der Waals surface area contributed by atoms with E-state index in [-0.39, 0.29) is 12.2 Å². The number of rotatable bonds is 4. The number of hydrogen-bond acceptors (Lipinski definition) is 2. The SMILES string of the molecule is O=C1c2ccccc2C(=O)N1CC(F)=CCc1ccc(F)cc1. The fraction of sp³-hybridized carbons (Fsp3) is 0.111. The normalized spacial score (nSPS) is 14.3. The molecule has 1 heterocycles. The van der Waals surface area contributed by atoms with Gasteiger partial charge < -0.3 is 0 Å². The first-order valence-electron chi connectivity index (χ1n) is 7.10. The fourth-order valence-electron chi connectivity index (χ4n) is 2.45. The van der Waals surface area contributed by atoms with Gasteiger partial charge >= 0.3 is 0 Å². The van der Waals surface area contributed by atoms with Crippen LogP contribution in [0.3, 0.4) is 0 Å². The van der Waals surface area contributed by atoms with Crippen LogP contribution in [0.2, 0.25) is 0 Å². The first-order valence-corrected chi connectivity index (χ1v) is 7.10. The van der Waals surface area contributed by atoms with Crippen LogP contribution in [0.25, 0.3) is 0 Å². The van der Waals surface area contributed by atoms with Crippen molar-refractivity contribution >= 4 is 11.8 Å². The van der Waals surface area contributed by atoms with Gasteiger partial charge in [0.15, 0.2) is 0 Å². The average Bonchev–Trinajstić information content (AvgIpc) is 2.80. The van der Waals surface area contributed by atoms with Crippen LogP contribution in [0.4, 0.5) is 8.78 Å². The van der Waals surface area contributed by atoms with E-state index >= 15 is 0 Å². The molecule has 0 saturated carbocycles. The van der Waals surface area contributed by atoms with Crippen LogP contribution in [0.5, 0.6) is 0 Å². The zero-order valence-electron chi connectivity index (χ0n) is 12.1. The Bertz CT molecular complexity index is 762. The van der Waals surface area contributed by atoms with Gasteiger partial charge in [-0.15, -0.1) is 0 Å². The average molecular weight is 313 g/mol. The second-order valence-corrected chi connectivity index (χ2v) is 5.22. The molecule has 1 aliphatic rings. The van der Waals surface area contributed by atoms with Crippen LogP contribution >= 0.6 is 0 Å². The van der Waals surface area contributed by atoms with E-state index in [9.17, 15) is 18.4 Å². The predicted octanol–water partition coefficient (Wildman–Crippen LogP) is 3.52. The van der Waals surface area contributed by atoms with Crippen LogP contribution in [0.15, 0.2) is 60.4 Å². The standard InChI is InChI=1S/C18H13F2NO2/c19-13-8-5-12(6-9-13)7-10-14(20)11-21-17(22)15-3-1-2-4-16(15)18(21)23/h1-6,8-10H,7,11H2. The van der Waals surface area contributed by atoms with Crippen LogP contribution in [0, 0.1) is 5.82 Å². The molecule has 0 aromatic heterocycles. The number of carbonyl (C=O) groups excluding carboxylic acids is 2. The predicted molar refractivity (Wildman–Crippen MR) is 81.1 cm³/mol. The zero-order chi connectivity index (χ0) is 16.4. The van der Waals surface area contributed by atoms with Crippen LogP contribution in [-0.2, 0) is 6.42 Å². The Hall–Kier alpha value is -2.82. The van der Waals surface area contributed by atoms with Gasteiger partial charge in [-0.3, -0.25) is 14.5 Å². The molecular weight excluding hydrogens is 300 g/mol. The summed E-state index contributed by atoms with van der Waals surface area (Å²) < 4.78 is 26.8. The molecule has 0 atom stereocenters. The molecule has 0 saturated heterocycles. The third-order valence-electron chi connectivity index (χ3n) is 3.66. The number of benzene rings is 2. The molecule has 23 heavy (non-hydrogen) atoms. The molecule has 3 nitrogen and oxygen atoms in total. The Morgan fingerprint density at radius 2 is 1.52 bits per heavy atom. The molecule has 0 fully saturated rings. The van der Waals surface area contributed by atoms with Crippen molar-refractivity contribution in [1.29, 1.82) is 0 Å². The second kappa shape index (κ2) is 6.12. The molecule has 116 valence electrons. The van der Waals surface area contributed by atoms with E-state index in [1.807, 2.05) is 0 Å². The minimum atomic E-state index is -0.580. The number of imide groups is 1. The molecule has 0 aliphatic carbocycles. The lowest BCUT2D eigenvalue weighted by Crippen LogP contribution is -2.31. The maximum atomic E-state index is 14.0. The van der Waals surface area contributed by atoms with Gasteiger partial charge in [-0.2, -0.15) is 0 Å². The summed E-state index contributed by atoms with van der Waals surface area (Å²) in [7, 11) is 0. The number of nitrogens with zero attached hydrogens (tertiary/aromatic N) is 1. The summed E-state index contributed by atoms with van der Waals surface area (Å²) in [6.45, 7) is -0.395. The van der Waals surface area contributed by atoms with Gasteiger partial charge in [0, 0.05) is 0 Å². The highest BCUT2D eigenvalue weighted by atomic mass is 19.1. The van der Waals surface area contributed by atoms with Crippen LogP contribution < -0.4 is 0 Å². The maximum Gasteiger partial charge on any atom is 0.261 e. The third-order valence-corrected chi connectivity index (χ3v) is 3.66. The summed E-state index contributed by atoms with van der Waals surface area (Å²) in [5.41, 5.74) is 1.33. The minimum absolute atomic E-state index is 0.259. The molecule has 0 N–H and O–H groups in total. The van der Waals surface area contributed by atoms with Crippen molar-refractivity contribution in [2.45, 2.75) is 6.42 Å². The summed E-state index contributed by atoms with van der Waals surface area (Å²) in [5, 5.41) is 0. The molecular formula is C18H13F2NO2. The van der Waals surface area contributed by atoms with Crippen molar-refractivity contribution in [3.05, 3.63) is 82.9 Å². The van der Waals surface area contributed by atoms with E-state index in [4.69, 9.17) is 0 Å².